The van der Waals surface area contributed by atoms with Crippen molar-refractivity contribution in [3.8, 4) is 0 Å². The third kappa shape index (κ3) is 5.19. The van der Waals surface area contributed by atoms with Crippen molar-refractivity contribution in [1.29, 1.82) is 0 Å². The van der Waals surface area contributed by atoms with Gasteiger partial charge in [-0.25, -0.2) is 0 Å². The molecule has 0 aromatic heterocycles. The number of halogens is 1. The standard InChI is InChI=1S/C11H20N2O.ClH/c1-3-9(2)11(14)13-8-10-4-6-12-7-5-10;/h3,10,12H,4-8H2,1-2H3,(H,13,14);1H/b9-3-;. The topological polar surface area (TPSA) is 41.1 Å². The van der Waals surface area contributed by atoms with Crippen LogP contribution < -0.4 is 10.6 Å². The third-order valence-electron chi connectivity index (χ3n) is 2.80. The van der Waals surface area contributed by atoms with Crippen LogP contribution in [0.4, 0.5) is 0 Å². The third-order valence-corrected chi connectivity index (χ3v) is 2.80. The van der Waals surface area contributed by atoms with Gasteiger partial charge in [0.2, 0.25) is 5.91 Å². The maximum atomic E-state index is 11.4. The molecule has 1 amide bonds. The van der Waals surface area contributed by atoms with Crippen molar-refractivity contribution in [2.45, 2.75) is 26.7 Å². The van der Waals surface area contributed by atoms with Crippen LogP contribution in [0.25, 0.3) is 0 Å². The second kappa shape index (κ2) is 7.71. The number of piperidine rings is 1. The highest BCUT2D eigenvalue weighted by molar-refractivity contribution is 5.92. The highest BCUT2D eigenvalue weighted by Gasteiger charge is 2.13. The first-order valence-corrected chi connectivity index (χ1v) is 5.36. The summed E-state index contributed by atoms with van der Waals surface area (Å²) in [6.45, 7) is 6.73. The molecule has 0 aromatic carbocycles. The van der Waals surface area contributed by atoms with E-state index in [1.54, 1.807) is 0 Å². The molecule has 1 rings (SSSR count). The lowest BCUT2D eigenvalue weighted by Crippen LogP contribution is -2.36. The molecule has 1 saturated heterocycles. The number of nitrogens with one attached hydrogen (secondary N) is 2. The molecule has 1 aliphatic heterocycles. The van der Waals surface area contributed by atoms with Gasteiger partial charge in [0.15, 0.2) is 0 Å². The number of allylic oxidation sites excluding steroid dienone is 1. The number of rotatable bonds is 3. The van der Waals surface area contributed by atoms with Gasteiger partial charge < -0.3 is 10.6 Å². The fourth-order valence-corrected chi connectivity index (χ4v) is 1.59. The van der Waals surface area contributed by atoms with Gasteiger partial charge in [0.1, 0.15) is 0 Å². The second-order valence-electron chi connectivity index (χ2n) is 3.88. The molecule has 1 aliphatic rings. The molecule has 15 heavy (non-hydrogen) atoms. The van der Waals surface area contributed by atoms with Gasteiger partial charge in [-0.05, 0) is 45.7 Å². The molecule has 0 unspecified atom stereocenters. The van der Waals surface area contributed by atoms with E-state index in [2.05, 4.69) is 10.6 Å². The van der Waals surface area contributed by atoms with E-state index in [0.717, 1.165) is 25.2 Å². The Hall–Kier alpha value is -0.540. The number of hydrogen-bond acceptors (Lipinski definition) is 2. The Morgan fingerprint density at radius 1 is 1.47 bits per heavy atom. The Bertz CT molecular complexity index is 223. The summed E-state index contributed by atoms with van der Waals surface area (Å²) in [5, 5.41) is 6.28. The summed E-state index contributed by atoms with van der Waals surface area (Å²) in [6, 6.07) is 0. The van der Waals surface area contributed by atoms with Gasteiger partial charge in [-0.3, -0.25) is 4.79 Å². The number of carbonyl (C=O) groups is 1. The Labute approximate surface area is 98.1 Å². The summed E-state index contributed by atoms with van der Waals surface area (Å²) in [4.78, 5) is 11.4. The van der Waals surface area contributed by atoms with Gasteiger partial charge in [0, 0.05) is 12.1 Å². The summed E-state index contributed by atoms with van der Waals surface area (Å²) in [6.07, 6.45) is 4.20. The van der Waals surface area contributed by atoms with Crippen LogP contribution in [0.2, 0.25) is 0 Å². The molecule has 0 radical (unpaired) electrons. The molecule has 0 aliphatic carbocycles. The Kier molecular flexibility index (Phi) is 7.44. The lowest BCUT2D eigenvalue weighted by Gasteiger charge is -2.22. The minimum Gasteiger partial charge on any atom is -0.352 e. The molecule has 0 bridgehead atoms. The lowest BCUT2D eigenvalue weighted by atomic mass is 9.98. The molecule has 2 N–H and O–H groups in total. The molecular formula is C11H21ClN2O. The van der Waals surface area contributed by atoms with Gasteiger partial charge in [-0.1, -0.05) is 6.08 Å². The monoisotopic (exact) mass is 232 g/mol. The smallest absolute Gasteiger partial charge is 0.246 e. The van der Waals surface area contributed by atoms with E-state index in [1.807, 2.05) is 19.9 Å². The van der Waals surface area contributed by atoms with Crippen LogP contribution >= 0.6 is 12.4 Å². The van der Waals surface area contributed by atoms with E-state index < -0.39 is 0 Å². The van der Waals surface area contributed by atoms with Crippen LogP contribution in [-0.4, -0.2) is 25.5 Å². The highest BCUT2D eigenvalue weighted by atomic mass is 35.5. The molecule has 4 heteroatoms. The van der Waals surface area contributed by atoms with Crippen LogP contribution in [0, 0.1) is 5.92 Å². The fourth-order valence-electron chi connectivity index (χ4n) is 1.59. The normalized spacial score (nSPS) is 18.1. The molecule has 0 atom stereocenters. The van der Waals surface area contributed by atoms with Crippen molar-refractivity contribution in [3.63, 3.8) is 0 Å². The van der Waals surface area contributed by atoms with Crippen molar-refractivity contribution in [2.75, 3.05) is 19.6 Å². The van der Waals surface area contributed by atoms with Gasteiger partial charge >= 0.3 is 0 Å². The van der Waals surface area contributed by atoms with E-state index in [0.29, 0.717) is 5.92 Å². The first-order chi connectivity index (χ1) is 6.74. The number of carbonyl (C=O) groups excluding carboxylic acids is 1. The average molecular weight is 233 g/mol. The Morgan fingerprint density at radius 2 is 2.07 bits per heavy atom. The van der Waals surface area contributed by atoms with Gasteiger partial charge in [-0.15, -0.1) is 12.4 Å². The molecule has 1 heterocycles. The Morgan fingerprint density at radius 3 is 2.60 bits per heavy atom. The predicted molar refractivity (Wildman–Crippen MR) is 65.3 cm³/mol. The number of amides is 1. The van der Waals surface area contributed by atoms with Crippen molar-refractivity contribution in [1.82, 2.24) is 10.6 Å². The van der Waals surface area contributed by atoms with E-state index in [9.17, 15) is 4.79 Å². The minimum absolute atomic E-state index is 0. The first-order valence-electron chi connectivity index (χ1n) is 5.36. The largest absolute Gasteiger partial charge is 0.352 e. The van der Waals surface area contributed by atoms with E-state index in [1.165, 1.54) is 12.8 Å². The lowest BCUT2D eigenvalue weighted by molar-refractivity contribution is -0.117. The first kappa shape index (κ1) is 14.5. The maximum Gasteiger partial charge on any atom is 0.246 e. The van der Waals surface area contributed by atoms with Crippen molar-refractivity contribution in [2.24, 2.45) is 5.92 Å². The van der Waals surface area contributed by atoms with E-state index >= 15 is 0 Å². The molecule has 1 fully saturated rings. The number of hydrogen-bond donors (Lipinski definition) is 2. The second-order valence-corrected chi connectivity index (χ2v) is 3.88. The molecule has 0 aromatic rings. The zero-order chi connectivity index (χ0) is 10.4. The SMILES string of the molecule is C/C=C(/C)C(=O)NCC1CCNCC1.Cl. The van der Waals surface area contributed by atoms with Crippen molar-refractivity contribution in [3.05, 3.63) is 11.6 Å². The summed E-state index contributed by atoms with van der Waals surface area (Å²) < 4.78 is 0. The van der Waals surface area contributed by atoms with Crippen LogP contribution in [0.5, 0.6) is 0 Å². The van der Waals surface area contributed by atoms with Crippen molar-refractivity contribution >= 4 is 18.3 Å². The van der Waals surface area contributed by atoms with Crippen LogP contribution in [0.15, 0.2) is 11.6 Å². The van der Waals surface area contributed by atoms with Gasteiger partial charge in [-0.2, -0.15) is 0 Å². The molecule has 0 spiro atoms. The van der Waals surface area contributed by atoms with E-state index in [-0.39, 0.29) is 18.3 Å². The zero-order valence-electron chi connectivity index (χ0n) is 9.51. The van der Waals surface area contributed by atoms with Gasteiger partial charge in [0.25, 0.3) is 0 Å². The Balaban J connectivity index is 0.00000196. The molecule has 3 nitrogen and oxygen atoms in total. The van der Waals surface area contributed by atoms with Crippen LogP contribution in [-0.2, 0) is 4.79 Å². The van der Waals surface area contributed by atoms with Crippen molar-refractivity contribution < 1.29 is 4.79 Å². The van der Waals surface area contributed by atoms with Gasteiger partial charge in [0.05, 0.1) is 0 Å². The minimum atomic E-state index is 0. The maximum absolute atomic E-state index is 11.4. The fraction of sp³-hybridized carbons (Fsp3) is 0.727. The molecule has 88 valence electrons. The predicted octanol–water partition coefficient (Wildman–Crippen LogP) is 1.49. The summed E-state index contributed by atoms with van der Waals surface area (Å²) in [5.41, 5.74) is 0.805. The van der Waals surface area contributed by atoms with Crippen LogP contribution in [0.1, 0.15) is 26.7 Å². The zero-order valence-corrected chi connectivity index (χ0v) is 10.3. The summed E-state index contributed by atoms with van der Waals surface area (Å²) in [7, 11) is 0. The molecule has 0 saturated carbocycles. The summed E-state index contributed by atoms with van der Waals surface area (Å²) >= 11 is 0. The van der Waals surface area contributed by atoms with Crippen LogP contribution in [0.3, 0.4) is 0 Å². The highest BCUT2D eigenvalue weighted by Crippen LogP contribution is 2.09. The molecular weight excluding hydrogens is 212 g/mol. The summed E-state index contributed by atoms with van der Waals surface area (Å²) in [5.74, 6) is 0.732. The average Bonchev–Trinajstić information content (AvgIpc) is 2.26. The quantitative estimate of drug-likeness (QED) is 0.724. The van der Waals surface area contributed by atoms with E-state index in [4.69, 9.17) is 0 Å².